The van der Waals surface area contributed by atoms with Crippen LogP contribution in [-0.2, 0) is 6.42 Å². The van der Waals surface area contributed by atoms with Crippen LogP contribution in [0.3, 0.4) is 0 Å². The molecule has 0 radical (unpaired) electrons. The third-order valence-corrected chi connectivity index (χ3v) is 2.85. The van der Waals surface area contributed by atoms with Crippen molar-refractivity contribution in [1.29, 1.82) is 0 Å². The summed E-state index contributed by atoms with van der Waals surface area (Å²) >= 11 is 0. The quantitative estimate of drug-likeness (QED) is 0.449. The van der Waals surface area contributed by atoms with E-state index in [-0.39, 0.29) is 0 Å². The third-order valence-electron chi connectivity index (χ3n) is 2.85. The van der Waals surface area contributed by atoms with E-state index >= 15 is 0 Å². The lowest BCUT2D eigenvalue weighted by molar-refractivity contribution is 0.745. The van der Waals surface area contributed by atoms with Crippen LogP contribution in [0.25, 0.3) is 0 Å². The van der Waals surface area contributed by atoms with Gasteiger partial charge in [0.15, 0.2) is 0 Å². The first-order chi connectivity index (χ1) is 9.88. The fraction of sp³-hybridized carbons (Fsp3) is 0.176. The number of benzene rings is 2. The number of azo groups is 1. The monoisotopic (exact) mass is 265 g/mol. The predicted molar refractivity (Wildman–Crippen MR) is 83.8 cm³/mol. The number of rotatable bonds is 7. The zero-order chi connectivity index (χ0) is 14.0. The Morgan fingerprint density at radius 3 is 2.20 bits per heavy atom. The molecule has 2 aromatic rings. The second-order valence-corrected chi connectivity index (χ2v) is 4.44. The van der Waals surface area contributed by atoms with Gasteiger partial charge < -0.3 is 5.32 Å². The molecule has 0 atom stereocenters. The van der Waals surface area contributed by atoms with Crippen LogP contribution < -0.4 is 5.32 Å². The summed E-state index contributed by atoms with van der Waals surface area (Å²) < 4.78 is 0. The minimum atomic E-state index is 0.851. The highest BCUT2D eigenvalue weighted by atomic mass is 15.1. The van der Waals surface area contributed by atoms with E-state index in [1.165, 1.54) is 5.56 Å². The van der Waals surface area contributed by atoms with Gasteiger partial charge in [-0.2, -0.15) is 10.2 Å². The first kappa shape index (κ1) is 14.2. The second-order valence-electron chi connectivity index (χ2n) is 4.44. The maximum atomic E-state index is 4.22. The van der Waals surface area contributed by atoms with E-state index in [9.17, 15) is 0 Å². The van der Waals surface area contributed by atoms with Gasteiger partial charge in [0.25, 0.3) is 0 Å². The summed E-state index contributed by atoms with van der Waals surface area (Å²) in [5.74, 6) is 0. The zero-order valence-corrected chi connectivity index (χ0v) is 11.5. The molecule has 0 aliphatic carbocycles. The first-order valence-electron chi connectivity index (χ1n) is 6.76. The van der Waals surface area contributed by atoms with Gasteiger partial charge in [-0.3, -0.25) is 0 Å². The summed E-state index contributed by atoms with van der Waals surface area (Å²) in [7, 11) is 0. The fourth-order valence-electron chi connectivity index (χ4n) is 1.78. The van der Waals surface area contributed by atoms with Gasteiger partial charge in [-0.1, -0.05) is 36.4 Å². The summed E-state index contributed by atoms with van der Waals surface area (Å²) in [4.78, 5) is 0. The molecule has 0 unspecified atom stereocenters. The van der Waals surface area contributed by atoms with Crippen molar-refractivity contribution >= 4 is 11.4 Å². The van der Waals surface area contributed by atoms with Crippen molar-refractivity contribution in [2.24, 2.45) is 10.2 Å². The Bertz CT molecular complexity index is 544. The Morgan fingerprint density at radius 1 is 0.900 bits per heavy atom. The van der Waals surface area contributed by atoms with Gasteiger partial charge in [0.2, 0.25) is 0 Å². The number of nitrogens with one attached hydrogen (secondary N) is 1. The molecule has 3 nitrogen and oxygen atoms in total. The second kappa shape index (κ2) is 8.02. The van der Waals surface area contributed by atoms with Crippen LogP contribution in [0.1, 0.15) is 5.56 Å². The highest BCUT2D eigenvalue weighted by Crippen LogP contribution is 2.18. The molecule has 2 rings (SSSR count). The van der Waals surface area contributed by atoms with Crippen molar-refractivity contribution in [2.75, 3.05) is 13.1 Å². The van der Waals surface area contributed by atoms with E-state index in [1.807, 2.05) is 48.5 Å². The summed E-state index contributed by atoms with van der Waals surface area (Å²) in [5.41, 5.74) is 3.03. The van der Waals surface area contributed by atoms with Crippen molar-refractivity contribution in [3.63, 3.8) is 0 Å². The van der Waals surface area contributed by atoms with Crippen molar-refractivity contribution in [3.8, 4) is 0 Å². The Balaban J connectivity index is 1.88. The van der Waals surface area contributed by atoms with E-state index in [0.717, 1.165) is 30.9 Å². The molecule has 20 heavy (non-hydrogen) atoms. The molecule has 0 aliphatic heterocycles. The molecule has 1 N–H and O–H groups in total. The van der Waals surface area contributed by atoms with Gasteiger partial charge in [-0.15, -0.1) is 6.58 Å². The minimum Gasteiger partial charge on any atom is -0.313 e. The molecular weight excluding hydrogens is 246 g/mol. The Morgan fingerprint density at radius 2 is 1.55 bits per heavy atom. The first-order valence-corrected chi connectivity index (χ1v) is 6.76. The van der Waals surface area contributed by atoms with Crippen LogP contribution in [0.2, 0.25) is 0 Å². The van der Waals surface area contributed by atoms with Crippen LogP contribution in [-0.4, -0.2) is 13.1 Å². The maximum Gasteiger partial charge on any atom is 0.0857 e. The Hall–Kier alpha value is -2.26. The van der Waals surface area contributed by atoms with E-state index in [1.54, 1.807) is 0 Å². The van der Waals surface area contributed by atoms with Gasteiger partial charge in [0, 0.05) is 6.54 Å². The summed E-state index contributed by atoms with van der Waals surface area (Å²) in [6.07, 6.45) is 2.87. The van der Waals surface area contributed by atoms with Gasteiger partial charge in [-0.05, 0) is 42.8 Å². The molecule has 0 bridgehead atoms. The highest BCUT2D eigenvalue weighted by molar-refractivity contribution is 5.40. The molecule has 3 heteroatoms. The summed E-state index contributed by atoms with van der Waals surface area (Å²) in [6, 6.07) is 17.9. The summed E-state index contributed by atoms with van der Waals surface area (Å²) in [6.45, 7) is 5.48. The SMILES string of the molecule is C=CCNCCc1ccc(N=Nc2ccccc2)cc1. The number of hydrogen-bond donors (Lipinski definition) is 1. The van der Waals surface area contributed by atoms with E-state index in [0.29, 0.717) is 0 Å². The molecule has 0 spiro atoms. The molecule has 0 fully saturated rings. The van der Waals surface area contributed by atoms with Crippen molar-refractivity contribution in [1.82, 2.24) is 5.32 Å². The lowest BCUT2D eigenvalue weighted by Crippen LogP contribution is -2.16. The molecule has 102 valence electrons. The van der Waals surface area contributed by atoms with Crippen LogP contribution >= 0.6 is 0 Å². The fourth-order valence-corrected chi connectivity index (χ4v) is 1.78. The molecule has 0 amide bonds. The Kier molecular flexibility index (Phi) is 5.68. The van der Waals surface area contributed by atoms with Crippen LogP contribution in [0, 0.1) is 0 Å². The molecule has 0 aliphatic rings. The van der Waals surface area contributed by atoms with Crippen LogP contribution in [0.5, 0.6) is 0 Å². The van der Waals surface area contributed by atoms with Crippen LogP contribution in [0.15, 0.2) is 77.5 Å². The smallest absolute Gasteiger partial charge is 0.0857 e. The zero-order valence-electron chi connectivity index (χ0n) is 11.5. The molecule has 0 aromatic heterocycles. The van der Waals surface area contributed by atoms with Gasteiger partial charge >= 0.3 is 0 Å². The normalized spacial score (nSPS) is 10.8. The van der Waals surface area contributed by atoms with Crippen LogP contribution in [0.4, 0.5) is 11.4 Å². The van der Waals surface area contributed by atoms with E-state index in [4.69, 9.17) is 0 Å². The largest absolute Gasteiger partial charge is 0.313 e. The maximum absolute atomic E-state index is 4.22. The van der Waals surface area contributed by atoms with Crippen molar-refractivity contribution in [2.45, 2.75) is 6.42 Å². The van der Waals surface area contributed by atoms with E-state index < -0.39 is 0 Å². The molecule has 0 saturated heterocycles. The number of nitrogens with zero attached hydrogens (tertiary/aromatic N) is 2. The van der Waals surface area contributed by atoms with Gasteiger partial charge in [-0.25, -0.2) is 0 Å². The highest BCUT2D eigenvalue weighted by Gasteiger charge is 1.94. The molecular formula is C17H19N3. The third kappa shape index (κ3) is 4.78. The predicted octanol–water partition coefficient (Wildman–Crippen LogP) is 4.42. The molecule has 0 heterocycles. The summed E-state index contributed by atoms with van der Waals surface area (Å²) in [5, 5.41) is 11.7. The van der Waals surface area contributed by atoms with Gasteiger partial charge in [0.05, 0.1) is 11.4 Å². The number of hydrogen-bond acceptors (Lipinski definition) is 3. The van der Waals surface area contributed by atoms with E-state index in [2.05, 4.69) is 34.3 Å². The Labute approximate surface area is 120 Å². The standard InChI is InChI=1S/C17H19N3/c1-2-13-18-14-12-15-8-10-17(11-9-15)20-19-16-6-4-3-5-7-16/h2-11,18H,1,12-14H2. The lowest BCUT2D eigenvalue weighted by atomic mass is 10.1. The minimum absolute atomic E-state index is 0.851. The van der Waals surface area contributed by atoms with Crippen molar-refractivity contribution in [3.05, 3.63) is 72.8 Å². The molecule has 2 aromatic carbocycles. The topological polar surface area (TPSA) is 36.8 Å². The van der Waals surface area contributed by atoms with Gasteiger partial charge in [0.1, 0.15) is 0 Å². The lowest BCUT2D eigenvalue weighted by Gasteiger charge is -2.02. The van der Waals surface area contributed by atoms with Crippen molar-refractivity contribution < 1.29 is 0 Å². The average molecular weight is 265 g/mol. The molecule has 0 saturated carbocycles. The average Bonchev–Trinajstić information content (AvgIpc) is 2.52.